The summed E-state index contributed by atoms with van der Waals surface area (Å²) in [4.78, 5) is 25.2. The highest BCUT2D eigenvalue weighted by Crippen LogP contribution is 2.16. The van der Waals surface area contributed by atoms with Crippen molar-refractivity contribution in [3.63, 3.8) is 0 Å². The van der Waals surface area contributed by atoms with Crippen molar-refractivity contribution in [1.29, 1.82) is 0 Å². The van der Waals surface area contributed by atoms with Crippen molar-refractivity contribution in [2.45, 2.75) is 18.2 Å². The number of ether oxygens (including phenoxy) is 2. The molecule has 0 atom stereocenters. The van der Waals surface area contributed by atoms with Crippen LogP contribution in [0.3, 0.4) is 0 Å². The number of hydrogen-bond donors (Lipinski definition) is 2. The molecule has 9 heteroatoms. The predicted octanol–water partition coefficient (Wildman–Crippen LogP) is 1.42. The van der Waals surface area contributed by atoms with Crippen molar-refractivity contribution in [2.75, 3.05) is 13.7 Å². The van der Waals surface area contributed by atoms with Gasteiger partial charge in [-0.15, -0.1) is 4.83 Å². The van der Waals surface area contributed by atoms with E-state index in [9.17, 15) is 18.0 Å². The molecule has 27 heavy (non-hydrogen) atoms. The van der Waals surface area contributed by atoms with Gasteiger partial charge in [-0.25, -0.2) is 13.2 Å². The van der Waals surface area contributed by atoms with Crippen LogP contribution in [0, 0.1) is 0 Å². The Morgan fingerprint density at radius 1 is 1.04 bits per heavy atom. The number of benzene rings is 2. The largest absolute Gasteiger partial charge is 0.484 e. The molecule has 0 heterocycles. The lowest BCUT2D eigenvalue weighted by molar-refractivity contribution is -0.123. The fourth-order valence-corrected chi connectivity index (χ4v) is 3.22. The van der Waals surface area contributed by atoms with E-state index < -0.39 is 21.9 Å². The monoisotopic (exact) mass is 392 g/mol. The van der Waals surface area contributed by atoms with Crippen LogP contribution in [0.1, 0.15) is 22.8 Å². The molecule has 0 fully saturated rings. The molecule has 0 aromatic heterocycles. The van der Waals surface area contributed by atoms with E-state index in [0.717, 1.165) is 19.1 Å². The fraction of sp³-hybridized carbons (Fsp3) is 0.222. The van der Waals surface area contributed by atoms with Gasteiger partial charge in [-0.3, -0.25) is 10.2 Å². The van der Waals surface area contributed by atoms with E-state index in [2.05, 4.69) is 4.74 Å². The van der Waals surface area contributed by atoms with E-state index in [1.807, 2.05) is 29.3 Å². The number of aryl methyl sites for hydroxylation is 1. The molecule has 1 amide bonds. The summed E-state index contributed by atoms with van der Waals surface area (Å²) in [5.74, 6) is -1.02. The van der Waals surface area contributed by atoms with Gasteiger partial charge in [0.25, 0.3) is 15.9 Å². The highest BCUT2D eigenvalue weighted by Gasteiger charge is 2.23. The number of rotatable bonds is 8. The molecule has 0 spiro atoms. The Bertz CT molecular complexity index is 910. The maximum absolute atomic E-state index is 12.3. The molecular weight excluding hydrogens is 372 g/mol. The summed E-state index contributed by atoms with van der Waals surface area (Å²) < 4.78 is 34.6. The Kier molecular flexibility index (Phi) is 6.91. The normalized spacial score (nSPS) is 10.9. The average Bonchev–Trinajstić information content (AvgIpc) is 2.70. The van der Waals surface area contributed by atoms with Gasteiger partial charge in [0.05, 0.1) is 17.6 Å². The molecule has 0 radical (unpaired) electrons. The first kappa shape index (κ1) is 20.4. The molecule has 0 aliphatic heterocycles. The average molecular weight is 392 g/mol. The first-order valence-corrected chi connectivity index (χ1v) is 9.55. The van der Waals surface area contributed by atoms with Crippen molar-refractivity contribution < 1.29 is 27.5 Å². The van der Waals surface area contributed by atoms with Crippen LogP contribution in [-0.2, 0) is 26.0 Å². The van der Waals surface area contributed by atoms with Crippen LogP contribution in [0.25, 0.3) is 0 Å². The maximum Gasteiger partial charge on any atom is 0.339 e. The summed E-state index contributed by atoms with van der Waals surface area (Å²) in [5, 5.41) is 0. The zero-order chi connectivity index (χ0) is 19.9. The van der Waals surface area contributed by atoms with Crippen molar-refractivity contribution in [1.82, 2.24) is 10.3 Å². The Morgan fingerprint density at radius 2 is 1.70 bits per heavy atom. The maximum atomic E-state index is 12.3. The van der Waals surface area contributed by atoms with E-state index in [4.69, 9.17) is 4.74 Å². The first-order valence-electron chi connectivity index (χ1n) is 8.07. The Morgan fingerprint density at radius 3 is 2.33 bits per heavy atom. The molecular formula is C18H20N2O6S. The highest BCUT2D eigenvalue weighted by atomic mass is 32.2. The predicted molar refractivity (Wildman–Crippen MR) is 97.6 cm³/mol. The zero-order valence-electron chi connectivity index (χ0n) is 14.9. The molecule has 0 saturated heterocycles. The third kappa shape index (κ3) is 5.53. The Hall–Kier alpha value is -2.91. The summed E-state index contributed by atoms with van der Waals surface area (Å²) in [7, 11) is -3.03. The Labute approximate surface area is 157 Å². The number of esters is 1. The SMILES string of the molecule is CCc1ccc(OCC(=O)NNS(=O)(=O)c2ccccc2C(=O)OC)cc1. The Balaban J connectivity index is 1.96. The van der Waals surface area contributed by atoms with Crippen molar-refractivity contribution in [3.8, 4) is 5.75 Å². The summed E-state index contributed by atoms with van der Waals surface area (Å²) in [6, 6.07) is 12.7. The number of carbonyl (C=O) groups excluding carboxylic acids is 2. The first-order chi connectivity index (χ1) is 12.9. The highest BCUT2D eigenvalue weighted by molar-refractivity contribution is 7.89. The second-order valence-electron chi connectivity index (χ2n) is 5.43. The second kappa shape index (κ2) is 9.15. The molecule has 2 N–H and O–H groups in total. The molecule has 0 unspecified atom stereocenters. The van der Waals surface area contributed by atoms with Crippen LogP contribution in [0.15, 0.2) is 53.4 Å². The summed E-state index contributed by atoms with van der Waals surface area (Å²) in [6.07, 6.45) is 0.885. The minimum Gasteiger partial charge on any atom is -0.484 e. The van der Waals surface area contributed by atoms with Gasteiger partial charge >= 0.3 is 5.97 Å². The van der Waals surface area contributed by atoms with Crippen molar-refractivity contribution in [2.24, 2.45) is 0 Å². The smallest absolute Gasteiger partial charge is 0.339 e. The minimum atomic E-state index is -4.17. The van der Waals surface area contributed by atoms with Gasteiger partial charge in [0, 0.05) is 0 Å². The van der Waals surface area contributed by atoms with Crippen molar-refractivity contribution in [3.05, 3.63) is 59.7 Å². The fourth-order valence-electron chi connectivity index (χ4n) is 2.16. The van der Waals surface area contributed by atoms with Crippen LogP contribution in [0.2, 0.25) is 0 Å². The van der Waals surface area contributed by atoms with Gasteiger partial charge < -0.3 is 9.47 Å². The molecule has 0 saturated carbocycles. The standard InChI is InChI=1S/C18H20N2O6S/c1-3-13-8-10-14(11-9-13)26-12-17(21)19-20-27(23,24)16-7-5-4-6-15(16)18(22)25-2/h4-11,20H,3,12H2,1-2H3,(H,19,21). The van der Waals surface area contributed by atoms with Crippen LogP contribution in [0.5, 0.6) is 5.75 Å². The molecule has 0 aliphatic carbocycles. The molecule has 2 aromatic carbocycles. The van der Waals surface area contributed by atoms with Gasteiger partial charge in [-0.05, 0) is 36.2 Å². The van der Waals surface area contributed by atoms with Crippen LogP contribution in [0.4, 0.5) is 0 Å². The third-order valence-corrected chi connectivity index (χ3v) is 4.91. The topological polar surface area (TPSA) is 111 Å². The van der Waals surface area contributed by atoms with E-state index in [1.165, 1.54) is 24.3 Å². The lowest BCUT2D eigenvalue weighted by Gasteiger charge is -2.11. The number of hydrazine groups is 1. The van der Waals surface area contributed by atoms with Gasteiger partial charge in [0.2, 0.25) is 0 Å². The number of nitrogens with one attached hydrogen (secondary N) is 2. The summed E-state index contributed by atoms with van der Waals surface area (Å²) in [5.41, 5.74) is 3.03. The van der Waals surface area contributed by atoms with Gasteiger partial charge in [-0.1, -0.05) is 31.2 Å². The number of hydrogen-bond acceptors (Lipinski definition) is 6. The second-order valence-corrected chi connectivity index (χ2v) is 7.08. The number of sulfonamides is 1. The van der Waals surface area contributed by atoms with Crippen LogP contribution >= 0.6 is 0 Å². The molecule has 2 rings (SSSR count). The molecule has 0 aliphatic rings. The molecule has 144 valence electrons. The van der Waals surface area contributed by atoms with Gasteiger partial charge in [-0.2, -0.15) is 0 Å². The lowest BCUT2D eigenvalue weighted by atomic mass is 10.2. The number of methoxy groups -OCH3 is 1. The van der Waals surface area contributed by atoms with E-state index >= 15 is 0 Å². The minimum absolute atomic E-state index is 0.144. The van der Waals surface area contributed by atoms with E-state index in [-0.39, 0.29) is 17.1 Å². The van der Waals surface area contributed by atoms with Crippen LogP contribution < -0.4 is 15.0 Å². The molecule has 2 aromatic rings. The summed E-state index contributed by atoms with van der Waals surface area (Å²) in [6.45, 7) is 1.64. The van der Waals surface area contributed by atoms with E-state index in [0.29, 0.717) is 5.75 Å². The number of carbonyl (C=O) groups is 2. The van der Waals surface area contributed by atoms with E-state index in [1.54, 1.807) is 12.1 Å². The zero-order valence-corrected chi connectivity index (χ0v) is 15.7. The quantitative estimate of drug-likeness (QED) is 0.519. The summed E-state index contributed by atoms with van der Waals surface area (Å²) >= 11 is 0. The number of amides is 1. The van der Waals surface area contributed by atoms with Crippen molar-refractivity contribution >= 4 is 21.9 Å². The lowest BCUT2D eigenvalue weighted by Crippen LogP contribution is -2.44. The van der Waals surface area contributed by atoms with Crippen LogP contribution in [-0.4, -0.2) is 34.0 Å². The molecule has 8 nitrogen and oxygen atoms in total. The van der Waals surface area contributed by atoms with Gasteiger partial charge in [0.15, 0.2) is 6.61 Å². The molecule has 0 bridgehead atoms. The third-order valence-electron chi connectivity index (χ3n) is 3.61. The van der Waals surface area contributed by atoms with Gasteiger partial charge in [0.1, 0.15) is 5.75 Å².